The number of nitrogens with zero attached hydrogens (tertiary/aromatic N) is 3. The van der Waals surface area contributed by atoms with Crippen LogP contribution in [-0.4, -0.2) is 87.3 Å². The molecular weight excluding hydrogens is 466 g/mol. The van der Waals surface area contributed by atoms with Crippen LogP contribution in [0.4, 0.5) is 4.79 Å². The number of carbonyl (C=O) groups is 2. The molecule has 1 aromatic carbocycles. The minimum Gasteiger partial charge on any atom is -0.388 e. The number of rotatable bonds is 8. The second-order valence-corrected chi connectivity index (χ2v) is 12.4. The molecule has 4 aliphatic rings. The van der Waals surface area contributed by atoms with Gasteiger partial charge in [0.2, 0.25) is 5.91 Å². The SMILES string of the molecule is CCCC(C)[C@]1(c2ccccc2)CC[C@]2(CC1)CN(CC(=O)N1C[C@H](O)[C@@H](O)C1)C(=O)N2CC1CCC1. The third-order valence-corrected chi connectivity index (χ3v) is 10.2. The highest BCUT2D eigenvalue weighted by atomic mass is 16.3. The van der Waals surface area contributed by atoms with Crippen molar-refractivity contribution in [1.82, 2.24) is 14.7 Å². The zero-order valence-corrected chi connectivity index (χ0v) is 22.6. The van der Waals surface area contributed by atoms with Crippen molar-refractivity contribution >= 4 is 11.9 Å². The van der Waals surface area contributed by atoms with Gasteiger partial charge in [0.1, 0.15) is 6.54 Å². The van der Waals surface area contributed by atoms with E-state index in [0.29, 0.717) is 18.4 Å². The Morgan fingerprint density at radius 2 is 1.70 bits per heavy atom. The van der Waals surface area contributed by atoms with E-state index in [1.165, 1.54) is 42.6 Å². The molecule has 2 N–H and O–H groups in total. The van der Waals surface area contributed by atoms with Crippen molar-refractivity contribution < 1.29 is 19.8 Å². The monoisotopic (exact) mass is 511 g/mol. The lowest BCUT2D eigenvalue weighted by atomic mass is 9.58. The van der Waals surface area contributed by atoms with E-state index < -0.39 is 12.2 Å². The van der Waals surface area contributed by atoms with Gasteiger partial charge in [0, 0.05) is 26.2 Å². The van der Waals surface area contributed by atoms with E-state index in [9.17, 15) is 19.8 Å². The molecule has 4 fully saturated rings. The van der Waals surface area contributed by atoms with Crippen LogP contribution in [0.25, 0.3) is 0 Å². The average Bonchev–Trinajstić information content (AvgIpc) is 3.33. The summed E-state index contributed by atoms with van der Waals surface area (Å²) in [4.78, 5) is 32.2. The summed E-state index contributed by atoms with van der Waals surface area (Å²) in [6.45, 7) is 6.36. The molecule has 7 nitrogen and oxygen atoms in total. The van der Waals surface area contributed by atoms with Gasteiger partial charge in [-0.05, 0) is 61.3 Å². The second-order valence-electron chi connectivity index (χ2n) is 12.4. The van der Waals surface area contributed by atoms with Gasteiger partial charge in [-0.15, -0.1) is 0 Å². The summed E-state index contributed by atoms with van der Waals surface area (Å²) >= 11 is 0. The Morgan fingerprint density at radius 1 is 1.05 bits per heavy atom. The van der Waals surface area contributed by atoms with Crippen LogP contribution in [0.15, 0.2) is 30.3 Å². The summed E-state index contributed by atoms with van der Waals surface area (Å²) in [5, 5.41) is 19.8. The number of aliphatic hydroxyl groups is 2. The Bertz CT molecular complexity index is 947. The first-order valence-corrected chi connectivity index (χ1v) is 14.5. The highest BCUT2D eigenvalue weighted by Gasteiger charge is 2.55. The first kappa shape index (κ1) is 26.5. The number of urea groups is 1. The summed E-state index contributed by atoms with van der Waals surface area (Å²) in [5.74, 6) is 0.955. The van der Waals surface area contributed by atoms with Crippen LogP contribution in [-0.2, 0) is 10.2 Å². The van der Waals surface area contributed by atoms with Crippen molar-refractivity contribution in [2.24, 2.45) is 11.8 Å². The van der Waals surface area contributed by atoms with Gasteiger partial charge in [-0.1, -0.05) is 63.4 Å². The Hall–Kier alpha value is -2.12. The normalized spacial score (nSPS) is 33.3. The fraction of sp³-hybridized carbons (Fsp3) is 0.733. The summed E-state index contributed by atoms with van der Waals surface area (Å²) in [6.07, 6.45) is 8.19. The number of carbonyl (C=O) groups excluding carboxylic acids is 2. The van der Waals surface area contributed by atoms with E-state index in [-0.39, 0.29) is 42.5 Å². The van der Waals surface area contributed by atoms with E-state index in [4.69, 9.17) is 0 Å². The maximum Gasteiger partial charge on any atom is 0.321 e. The maximum atomic E-state index is 13.8. The van der Waals surface area contributed by atoms with Gasteiger partial charge in [0.15, 0.2) is 0 Å². The number of aliphatic hydroxyl groups excluding tert-OH is 2. The van der Waals surface area contributed by atoms with Crippen LogP contribution in [0.3, 0.4) is 0 Å². The van der Waals surface area contributed by atoms with Gasteiger partial charge in [0.25, 0.3) is 0 Å². The Labute approximate surface area is 221 Å². The molecule has 204 valence electrons. The fourth-order valence-corrected chi connectivity index (χ4v) is 7.58. The number of benzene rings is 1. The number of hydrogen-bond acceptors (Lipinski definition) is 4. The van der Waals surface area contributed by atoms with Crippen molar-refractivity contribution in [2.45, 2.75) is 94.8 Å². The molecule has 0 bridgehead atoms. The summed E-state index contributed by atoms with van der Waals surface area (Å²) in [7, 11) is 0. The van der Waals surface area contributed by atoms with E-state index in [1.807, 2.05) is 0 Å². The topological polar surface area (TPSA) is 84.3 Å². The smallest absolute Gasteiger partial charge is 0.321 e. The highest BCUT2D eigenvalue weighted by molar-refractivity contribution is 5.86. The third kappa shape index (κ3) is 4.89. The predicted octanol–water partition coefficient (Wildman–Crippen LogP) is 3.78. The fourth-order valence-electron chi connectivity index (χ4n) is 7.58. The van der Waals surface area contributed by atoms with Crippen molar-refractivity contribution in [2.75, 3.05) is 32.7 Å². The number of amides is 3. The molecular formula is C30H45N3O4. The predicted molar refractivity (Wildman–Crippen MR) is 143 cm³/mol. The van der Waals surface area contributed by atoms with Crippen LogP contribution in [0.1, 0.15) is 77.2 Å². The highest BCUT2D eigenvalue weighted by Crippen LogP contribution is 2.52. The van der Waals surface area contributed by atoms with Crippen LogP contribution < -0.4 is 0 Å². The zero-order valence-electron chi connectivity index (χ0n) is 22.6. The Kier molecular flexibility index (Phi) is 7.56. The van der Waals surface area contributed by atoms with Crippen molar-refractivity contribution in [3.63, 3.8) is 0 Å². The molecule has 2 aliphatic heterocycles. The molecule has 5 rings (SSSR count). The van der Waals surface area contributed by atoms with E-state index in [2.05, 4.69) is 49.1 Å². The lowest BCUT2D eigenvalue weighted by Crippen LogP contribution is -2.55. The summed E-state index contributed by atoms with van der Waals surface area (Å²) in [6, 6.07) is 11.0. The van der Waals surface area contributed by atoms with Gasteiger partial charge in [-0.25, -0.2) is 4.79 Å². The number of hydrogen-bond donors (Lipinski definition) is 2. The quantitative estimate of drug-likeness (QED) is 0.557. The molecule has 3 atom stereocenters. The van der Waals surface area contributed by atoms with Crippen LogP contribution in [0.2, 0.25) is 0 Å². The first-order valence-electron chi connectivity index (χ1n) is 14.5. The standard InChI is InChI=1S/C30H45N3O4/c1-3-8-22(2)30(24-11-5-4-6-12-24)15-13-29(14-16-30)21-32(28(37)33(29)17-23-9-7-10-23)20-27(36)31-18-25(34)26(35)19-31/h4-6,11-12,22-23,25-26,34-35H,3,7-10,13-21H2,1-2H3/t22?,25-,26-,29-,30-/m0/s1. The van der Waals surface area contributed by atoms with Gasteiger partial charge >= 0.3 is 6.03 Å². The molecule has 7 heteroatoms. The van der Waals surface area contributed by atoms with Crippen molar-refractivity contribution in [3.8, 4) is 0 Å². The largest absolute Gasteiger partial charge is 0.388 e. The lowest BCUT2D eigenvalue weighted by molar-refractivity contribution is -0.131. The minimum absolute atomic E-state index is 0.00522. The average molecular weight is 512 g/mol. The van der Waals surface area contributed by atoms with Gasteiger partial charge in [-0.3, -0.25) is 4.79 Å². The van der Waals surface area contributed by atoms with E-state index in [1.54, 1.807) is 4.90 Å². The Balaban J connectivity index is 1.36. The molecule has 2 saturated heterocycles. The zero-order chi connectivity index (χ0) is 26.2. The third-order valence-electron chi connectivity index (χ3n) is 10.2. The van der Waals surface area contributed by atoms with E-state index >= 15 is 0 Å². The molecule has 1 unspecified atom stereocenters. The van der Waals surface area contributed by atoms with Crippen LogP contribution in [0, 0.1) is 11.8 Å². The summed E-state index contributed by atoms with van der Waals surface area (Å²) < 4.78 is 0. The molecule has 0 radical (unpaired) electrons. The van der Waals surface area contributed by atoms with Gasteiger partial charge in [0.05, 0.1) is 17.7 Å². The second kappa shape index (κ2) is 10.6. The minimum atomic E-state index is -0.908. The van der Waals surface area contributed by atoms with Crippen LogP contribution >= 0.6 is 0 Å². The summed E-state index contributed by atoms with van der Waals surface area (Å²) in [5.41, 5.74) is 1.33. The lowest BCUT2D eigenvalue weighted by Gasteiger charge is -2.51. The molecule has 0 aromatic heterocycles. The molecule has 1 aromatic rings. The molecule has 2 heterocycles. The Morgan fingerprint density at radius 3 is 2.27 bits per heavy atom. The molecule has 1 spiro atoms. The maximum absolute atomic E-state index is 13.8. The van der Waals surface area contributed by atoms with Crippen molar-refractivity contribution in [1.29, 1.82) is 0 Å². The van der Waals surface area contributed by atoms with Crippen LogP contribution in [0.5, 0.6) is 0 Å². The molecule has 37 heavy (non-hydrogen) atoms. The molecule has 2 aliphatic carbocycles. The molecule has 3 amide bonds. The van der Waals surface area contributed by atoms with Crippen molar-refractivity contribution in [3.05, 3.63) is 35.9 Å². The van der Waals surface area contributed by atoms with E-state index in [0.717, 1.165) is 32.2 Å². The number of β-amino-alcohol motifs (C(OH)–C–C–N with tert-alkyl or cyclic N) is 2. The first-order chi connectivity index (χ1) is 17.8. The van der Waals surface area contributed by atoms with Gasteiger partial charge in [-0.2, -0.15) is 0 Å². The molecule has 2 saturated carbocycles. The van der Waals surface area contributed by atoms with Gasteiger partial charge < -0.3 is 24.9 Å². The number of likely N-dealkylation sites (tertiary alicyclic amines) is 1.